The summed E-state index contributed by atoms with van der Waals surface area (Å²) in [4.78, 5) is 15.0. The second-order valence-electron chi connectivity index (χ2n) is 6.98. The number of carbonyl (C=O) groups excluding carboxylic acids is 1. The Kier molecular flexibility index (Phi) is 4.32. The van der Waals surface area contributed by atoms with Crippen molar-refractivity contribution in [2.24, 2.45) is 0 Å². The van der Waals surface area contributed by atoms with Crippen LogP contribution in [0.4, 0.5) is 0 Å². The number of rotatable bonds is 4. The summed E-state index contributed by atoms with van der Waals surface area (Å²) in [6.07, 6.45) is 7.88. The largest absolute Gasteiger partial charge is 0.334 e. The lowest BCUT2D eigenvalue weighted by Gasteiger charge is -2.25. The van der Waals surface area contributed by atoms with Crippen LogP contribution in [0.15, 0.2) is 48.9 Å². The number of amides is 1. The maximum atomic E-state index is 13.0. The molecule has 1 saturated heterocycles. The van der Waals surface area contributed by atoms with Gasteiger partial charge in [0.15, 0.2) is 0 Å². The second-order valence-corrected chi connectivity index (χ2v) is 6.98. The number of hydrogen-bond donors (Lipinski definition) is 0. The number of hydrogen-bond acceptors (Lipinski definition) is 3. The average Bonchev–Trinajstić information content (AvgIpc) is 3.37. The van der Waals surface area contributed by atoms with Gasteiger partial charge in [-0.3, -0.25) is 9.48 Å². The Morgan fingerprint density at radius 1 is 1.19 bits per heavy atom. The predicted molar refractivity (Wildman–Crippen MR) is 99.3 cm³/mol. The van der Waals surface area contributed by atoms with Gasteiger partial charge in [0.05, 0.1) is 30.2 Å². The molecule has 0 spiro atoms. The van der Waals surface area contributed by atoms with Crippen molar-refractivity contribution in [2.45, 2.75) is 39.3 Å². The van der Waals surface area contributed by atoms with Gasteiger partial charge in [-0.25, -0.2) is 4.68 Å². The Labute approximate surface area is 153 Å². The third kappa shape index (κ3) is 3.27. The van der Waals surface area contributed by atoms with Crippen LogP contribution < -0.4 is 0 Å². The fourth-order valence-corrected chi connectivity index (χ4v) is 3.56. The number of carbonyl (C=O) groups is 1. The Morgan fingerprint density at radius 3 is 2.65 bits per heavy atom. The van der Waals surface area contributed by atoms with Crippen molar-refractivity contribution in [1.29, 1.82) is 0 Å². The minimum absolute atomic E-state index is 0.0968. The Bertz CT molecular complexity index is 908. The minimum atomic E-state index is 0.0968. The third-order valence-electron chi connectivity index (χ3n) is 4.90. The lowest BCUT2D eigenvalue weighted by Crippen LogP contribution is -2.38. The molecule has 4 rings (SSSR count). The Hall–Kier alpha value is -2.89. The fourth-order valence-electron chi connectivity index (χ4n) is 3.56. The van der Waals surface area contributed by atoms with E-state index >= 15 is 0 Å². The van der Waals surface area contributed by atoms with Crippen molar-refractivity contribution >= 4 is 5.91 Å². The SMILES string of the molecule is Cc1cnn(C[C@@H]2CCCN2C(=O)c2ccc(-n3ccc(C)n3)cc2)c1. The number of aryl methyl sites for hydroxylation is 2. The van der Waals surface area contributed by atoms with Gasteiger partial charge < -0.3 is 4.90 Å². The van der Waals surface area contributed by atoms with Crippen molar-refractivity contribution in [3.63, 3.8) is 0 Å². The highest BCUT2D eigenvalue weighted by Crippen LogP contribution is 2.22. The topological polar surface area (TPSA) is 56.0 Å². The molecular weight excluding hydrogens is 326 g/mol. The third-order valence-corrected chi connectivity index (χ3v) is 4.90. The number of aromatic nitrogens is 4. The molecule has 1 fully saturated rings. The number of benzene rings is 1. The summed E-state index contributed by atoms with van der Waals surface area (Å²) in [7, 11) is 0. The summed E-state index contributed by atoms with van der Waals surface area (Å²) >= 11 is 0. The summed E-state index contributed by atoms with van der Waals surface area (Å²) in [6.45, 7) is 5.56. The summed E-state index contributed by atoms with van der Waals surface area (Å²) in [5.74, 6) is 0.0968. The molecule has 6 heteroatoms. The van der Waals surface area contributed by atoms with Crippen LogP contribution in [0.25, 0.3) is 5.69 Å². The van der Waals surface area contributed by atoms with E-state index < -0.39 is 0 Å². The summed E-state index contributed by atoms with van der Waals surface area (Å²) < 4.78 is 3.76. The molecule has 0 N–H and O–H groups in total. The van der Waals surface area contributed by atoms with Crippen LogP contribution >= 0.6 is 0 Å². The zero-order chi connectivity index (χ0) is 18.1. The van der Waals surface area contributed by atoms with Crippen molar-refractivity contribution in [3.05, 3.63) is 65.7 Å². The van der Waals surface area contributed by atoms with E-state index in [9.17, 15) is 4.79 Å². The summed E-state index contributed by atoms with van der Waals surface area (Å²) in [5.41, 5.74) is 3.80. The van der Waals surface area contributed by atoms with Gasteiger partial charge in [-0.15, -0.1) is 0 Å². The normalized spacial score (nSPS) is 17.0. The first-order valence-corrected chi connectivity index (χ1v) is 9.03. The molecule has 26 heavy (non-hydrogen) atoms. The van der Waals surface area contributed by atoms with Gasteiger partial charge in [0.25, 0.3) is 5.91 Å². The first-order valence-electron chi connectivity index (χ1n) is 9.03. The number of likely N-dealkylation sites (tertiary alicyclic amines) is 1. The molecule has 3 heterocycles. The van der Waals surface area contributed by atoms with Gasteiger partial charge in [-0.2, -0.15) is 10.2 Å². The quantitative estimate of drug-likeness (QED) is 0.728. The van der Waals surface area contributed by atoms with Gasteiger partial charge in [-0.05, 0) is 62.6 Å². The molecule has 1 aliphatic rings. The Morgan fingerprint density at radius 2 is 2.00 bits per heavy atom. The molecular formula is C20H23N5O. The molecule has 2 aromatic heterocycles. The van der Waals surface area contributed by atoms with Gasteiger partial charge in [-0.1, -0.05) is 0 Å². The highest BCUT2D eigenvalue weighted by Gasteiger charge is 2.29. The molecule has 1 atom stereocenters. The van der Waals surface area contributed by atoms with Crippen LogP contribution in [-0.2, 0) is 6.54 Å². The zero-order valence-electron chi connectivity index (χ0n) is 15.2. The molecule has 6 nitrogen and oxygen atoms in total. The molecule has 0 unspecified atom stereocenters. The monoisotopic (exact) mass is 349 g/mol. The molecule has 134 valence electrons. The maximum absolute atomic E-state index is 13.0. The summed E-state index contributed by atoms with van der Waals surface area (Å²) in [6, 6.07) is 9.84. The highest BCUT2D eigenvalue weighted by atomic mass is 16.2. The molecule has 0 aliphatic carbocycles. The first-order chi connectivity index (χ1) is 12.6. The van der Waals surface area contributed by atoms with E-state index in [1.54, 1.807) is 0 Å². The lowest BCUT2D eigenvalue weighted by molar-refractivity contribution is 0.0721. The summed E-state index contributed by atoms with van der Waals surface area (Å²) in [5, 5.41) is 8.77. The molecule has 0 bridgehead atoms. The Balaban J connectivity index is 1.49. The predicted octanol–water partition coefficient (Wildman–Crippen LogP) is 2.99. The van der Waals surface area contributed by atoms with Crippen LogP contribution in [0, 0.1) is 13.8 Å². The lowest BCUT2D eigenvalue weighted by atomic mass is 10.1. The number of nitrogens with zero attached hydrogens (tertiary/aromatic N) is 5. The van der Waals surface area contributed by atoms with Gasteiger partial charge in [0, 0.05) is 24.5 Å². The van der Waals surface area contributed by atoms with Crippen LogP contribution in [0.3, 0.4) is 0 Å². The maximum Gasteiger partial charge on any atom is 0.254 e. The van der Waals surface area contributed by atoms with E-state index in [2.05, 4.69) is 10.2 Å². The van der Waals surface area contributed by atoms with E-state index in [4.69, 9.17) is 0 Å². The van der Waals surface area contributed by atoms with E-state index in [0.717, 1.165) is 48.4 Å². The molecule has 0 radical (unpaired) electrons. The van der Waals surface area contributed by atoms with Crippen molar-refractivity contribution in [1.82, 2.24) is 24.5 Å². The minimum Gasteiger partial charge on any atom is -0.334 e. The molecule has 0 saturated carbocycles. The van der Waals surface area contributed by atoms with Crippen LogP contribution in [0.2, 0.25) is 0 Å². The van der Waals surface area contributed by atoms with Crippen LogP contribution in [0.5, 0.6) is 0 Å². The first kappa shape index (κ1) is 16.6. The van der Waals surface area contributed by atoms with Crippen molar-refractivity contribution < 1.29 is 4.79 Å². The van der Waals surface area contributed by atoms with Crippen molar-refractivity contribution in [3.8, 4) is 5.69 Å². The molecule has 1 amide bonds. The average molecular weight is 349 g/mol. The van der Waals surface area contributed by atoms with Crippen LogP contribution in [-0.4, -0.2) is 43.0 Å². The van der Waals surface area contributed by atoms with E-state index in [0.29, 0.717) is 0 Å². The van der Waals surface area contributed by atoms with Crippen molar-refractivity contribution in [2.75, 3.05) is 6.54 Å². The fraction of sp³-hybridized carbons (Fsp3) is 0.350. The molecule has 1 aromatic carbocycles. The van der Waals surface area contributed by atoms with Gasteiger partial charge >= 0.3 is 0 Å². The van der Waals surface area contributed by atoms with Gasteiger partial charge in [0.1, 0.15) is 0 Å². The van der Waals surface area contributed by atoms with Gasteiger partial charge in [0.2, 0.25) is 0 Å². The molecule has 1 aliphatic heterocycles. The van der Waals surface area contributed by atoms with Crippen LogP contribution in [0.1, 0.15) is 34.5 Å². The highest BCUT2D eigenvalue weighted by molar-refractivity contribution is 5.94. The zero-order valence-corrected chi connectivity index (χ0v) is 15.2. The smallest absolute Gasteiger partial charge is 0.254 e. The second kappa shape index (κ2) is 6.78. The standard InChI is InChI=1S/C20H23N5O/c1-15-12-21-23(13-15)14-19-4-3-10-24(19)20(26)17-5-7-18(8-6-17)25-11-9-16(2)22-25/h5-9,11-13,19H,3-4,10,14H2,1-2H3/t19-/m0/s1. The van der Waals surface area contributed by atoms with E-state index in [1.165, 1.54) is 0 Å². The van der Waals surface area contributed by atoms with E-state index in [1.807, 2.05) is 77.0 Å². The molecule has 3 aromatic rings. The van der Waals surface area contributed by atoms with E-state index in [-0.39, 0.29) is 11.9 Å².